The first-order chi connectivity index (χ1) is 7.92. The van der Waals surface area contributed by atoms with E-state index in [2.05, 4.69) is 15.9 Å². The van der Waals surface area contributed by atoms with E-state index in [0.29, 0.717) is 0 Å². The number of rotatable bonds is 3. The first-order valence-electron chi connectivity index (χ1n) is 5.04. The van der Waals surface area contributed by atoms with Gasteiger partial charge in [0, 0.05) is 0 Å². The number of nitrogens with zero attached hydrogens (tertiary/aromatic N) is 2. The Hall–Kier alpha value is -2.09. The van der Waals surface area contributed by atoms with Crippen LogP contribution in [0.2, 0.25) is 0 Å². The number of ether oxygens (including phenoxy) is 2. The van der Waals surface area contributed by atoms with Crippen LogP contribution in [0.25, 0.3) is 0 Å². The number of terminal acetylenes is 1. The minimum absolute atomic E-state index is 0.112. The van der Waals surface area contributed by atoms with E-state index in [1.807, 2.05) is 0 Å². The van der Waals surface area contributed by atoms with Gasteiger partial charge in [0.2, 0.25) is 5.88 Å². The van der Waals surface area contributed by atoms with Gasteiger partial charge in [-0.25, -0.2) is 14.8 Å². The molecule has 1 aromatic rings. The summed E-state index contributed by atoms with van der Waals surface area (Å²) in [4.78, 5) is 19.4. The predicted octanol–water partition coefficient (Wildman–Crippen LogP) is 1.44. The van der Waals surface area contributed by atoms with Gasteiger partial charge >= 0.3 is 5.97 Å². The highest BCUT2D eigenvalue weighted by molar-refractivity contribution is 5.87. The minimum atomic E-state index is -0.558. The van der Waals surface area contributed by atoms with E-state index in [1.54, 1.807) is 20.8 Å². The summed E-state index contributed by atoms with van der Waals surface area (Å²) in [5, 5.41) is 0. The average molecular weight is 234 g/mol. The molecule has 0 aliphatic rings. The van der Waals surface area contributed by atoms with Gasteiger partial charge in [0.15, 0.2) is 12.3 Å². The third-order valence-electron chi connectivity index (χ3n) is 1.54. The van der Waals surface area contributed by atoms with E-state index in [9.17, 15) is 4.79 Å². The van der Waals surface area contributed by atoms with Crippen molar-refractivity contribution in [1.29, 1.82) is 0 Å². The summed E-state index contributed by atoms with van der Waals surface area (Å²) in [6.07, 6.45) is 7.65. The van der Waals surface area contributed by atoms with E-state index < -0.39 is 11.6 Å². The van der Waals surface area contributed by atoms with Crippen molar-refractivity contribution >= 4 is 5.97 Å². The number of esters is 1. The molecular formula is C12H14N2O3. The van der Waals surface area contributed by atoms with Gasteiger partial charge < -0.3 is 9.47 Å². The summed E-state index contributed by atoms with van der Waals surface area (Å²) < 4.78 is 10.2. The van der Waals surface area contributed by atoms with Gasteiger partial charge in [0.05, 0.1) is 12.4 Å². The Kier molecular flexibility index (Phi) is 4.05. The van der Waals surface area contributed by atoms with Crippen molar-refractivity contribution in [2.45, 2.75) is 26.4 Å². The van der Waals surface area contributed by atoms with Crippen LogP contribution >= 0.6 is 0 Å². The second kappa shape index (κ2) is 5.30. The van der Waals surface area contributed by atoms with E-state index in [4.69, 9.17) is 15.9 Å². The topological polar surface area (TPSA) is 61.3 Å². The van der Waals surface area contributed by atoms with Crippen LogP contribution in [-0.4, -0.2) is 28.1 Å². The lowest BCUT2D eigenvalue weighted by molar-refractivity contribution is 0.00622. The molecule has 1 heterocycles. The largest absolute Gasteiger partial charge is 0.463 e. The minimum Gasteiger partial charge on any atom is -0.463 e. The zero-order valence-electron chi connectivity index (χ0n) is 10.1. The molecule has 0 amide bonds. The summed E-state index contributed by atoms with van der Waals surface area (Å²) in [5.74, 6) is 2.06. The maximum atomic E-state index is 11.6. The summed E-state index contributed by atoms with van der Waals surface area (Å²) in [6, 6.07) is 0. The van der Waals surface area contributed by atoms with Crippen LogP contribution in [0.5, 0.6) is 5.88 Å². The van der Waals surface area contributed by atoms with Crippen LogP contribution in [0.3, 0.4) is 0 Å². The molecule has 1 rings (SSSR count). The van der Waals surface area contributed by atoms with Crippen LogP contribution in [0.1, 0.15) is 31.3 Å². The molecule has 0 spiro atoms. The standard InChI is InChI=1S/C12H14N2O3/c1-5-6-16-10-8-13-9(7-14-10)11(15)17-12(2,3)4/h1,7-8H,6H2,2-4H3. The second-order valence-corrected chi connectivity index (χ2v) is 4.23. The Morgan fingerprint density at radius 3 is 2.59 bits per heavy atom. The molecule has 0 aliphatic carbocycles. The molecule has 5 nitrogen and oxygen atoms in total. The Labute approximate surface area is 100 Å². The van der Waals surface area contributed by atoms with Gasteiger partial charge in [0.25, 0.3) is 0 Å². The van der Waals surface area contributed by atoms with Crippen molar-refractivity contribution in [2.75, 3.05) is 6.61 Å². The van der Waals surface area contributed by atoms with Crippen molar-refractivity contribution in [1.82, 2.24) is 9.97 Å². The maximum absolute atomic E-state index is 11.6. The van der Waals surface area contributed by atoms with Crippen LogP contribution in [0.4, 0.5) is 0 Å². The molecule has 5 heteroatoms. The highest BCUT2D eigenvalue weighted by Crippen LogP contribution is 2.11. The van der Waals surface area contributed by atoms with E-state index in [-0.39, 0.29) is 18.2 Å². The van der Waals surface area contributed by atoms with Crippen molar-refractivity contribution in [2.24, 2.45) is 0 Å². The summed E-state index contributed by atoms with van der Waals surface area (Å²) in [5.41, 5.74) is -0.426. The van der Waals surface area contributed by atoms with Crippen molar-refractivity contribution in [3.05, 3.63) is 18.1 Å². The number of hydrogen-bond acceptors (Lipinski definition) is 5. The van der Waals surface area contributed by atoms with E-state index >= 15 is 0 Å². The van der Waals surface area contributed by atoms with E-state index in [1.165, 1.54) is 12.4 Å². The van der Waals surface area contributed by atoms with Gasteiger partial charge in [-0.05, 0) is 20.8 Å². The lowest BCUT2D eigenvalue weighted by atomic mass is 10.2. The van der Waals surface area contributed by atoms with Gasteiger partial charge in [-0.1, -0.05) is 5.92 Å². The first-order valence-corrected chi connectivity index (χ1v) is 5.04. The van der Waals surface area contributed by atoms with Gasteiger partial charge in [-0.15, -0.1) is 6.42 Å². The predicted molar refractivity (Wildman–Crippen MR) is 61.5 cm³/mol. The second-order valence-electron chi connectivity index (χ2n) is 4.23. The number of carbonyl (C=O) groups is 1. The molecule has 90 valence electrons. The van der Waals surface area contributed by atoms with Crippen molar-refractivity contribution in [3.63, 3.8) is 0 Å². The molecule has 0 atom stereocenters. The summed E-state index contributed by atoms with van der Waals surface area (Å²) in [7, 11) is 0. The fourth-order valence-corrected chi connectivity index (χ4v) is 0.942. The van der Waals surface area contributed by atoms with Crippen LogP contribution in [0.15, 0.2) is 12.4 Å². The number of carbonyl (C=O) groups excluding carboxylic acids is 1. The molecule has 1 aromatic heterocycles. The molecule has 0 saturated carbocycles. The first kappa shape index (κ1) is 13.0. The molecule has 0 aliphatic heterocycles. The lowest BCUT2D eigenvalue weighted by Crippen LogP contribution is -2.24. The third kappa shape index (κ3) is 4.51. The van der Waals surface area contributed by atoms with Gasteiger partial charge in [-0.2, -0.15) is 0 Å². The zero-order chi connectivity index (χ0) is 12.9. The molecule has 0 radical (unpaired) electrons. The average Bonchev–Trinajstić information content (AvgIpc) is 2.24. The maximum Gasteiger partial charge on any atom is 0.359 e. The Morgan fingerprint density at radius 2 is 2.12 bits per heavy atom. The Bertz CT molecular complexity index is 427. The number of aromatic nitrogens is 2. The smallest absolute Gasteiger partial charge is 0.359 e. The van der Waals surface area contributed by atoms with Crippen molar-refractivity contribution < 1.29 is 14.3 Å². The molecule has 17 heavy (non-hydrogen) atoms. The summed E-state index contributed by atoms with van der Waals surface area (Å²) in [6.45, 7) is 5.45. The summed E-state index contributed by atoms with van der Waals surface area (Å²) >= 11 is 0. The van der Waals surface area contributed by atoms with Crippen molar-refractivity contribution in [3.8, 4) is 18.2 Å². The fraction of sp³-hybridized carbons (Fsp3) is 0.417. The third-order valence-corrected chi connectivity index (χ3v) is 1.54. The SMILES string of the molecule is C#CCOc1cnc(C(=O)OC(C)(C)C)cn1. The molecule has 0 saturated heterocycles. The molecule has 0 fully saturated rings. The van der Waals surface area contributed by atoms with Gasteiger partial charge in [0.1, 0.15) is 5.60 Å². The van der Waals surface area contributed by atoms with Crippen LogP contribution in [0, 0.1) is 12.3 Å². The van der Waals surface area contributed by atoms with E-state index in [0.717, 1.165) is 0 Å². The van der Waals surface area contributed by atoms with Crippen LogP contribution in [-0.2, 0) is 4.74 Å². The Morgan fingerprint density at radius 1 is 1.41 bits per heavy atom. The number of hydrogen-bond donors (Lipinski definition) is 0. The fourth-order valence-electron chi connectivity index (χ4n) is 0.942. The highest BCUT2D eigenvalue weighted by Gasteiger charge is 2.19. The van der Waals surface area contributed by atoms with Crippen LogP contribution < -0.4 is 4.74 Å². The molecule has 0 bridgehead atoms. The highest BCUT2D eigenvalue weighted by atomic mass is 16.6. The molecule has 0 aromatic carbocycles. The van der Waals surface area contributed by atoms with Gasteiger partial charge in [-0.3, -0.25) is 0 Å². The lowest BCUT2D eigenvalue weighted by Gasteiger charge is -2.18. The normalized spacial score (nSPS) is 10.5. The molecular weight excluding hydrogens is 220 g/mol. The zero-order valence-corrected chi connectivity index (χ0v) is 10.1. The molecule has 0 N–H and O–H groups in total. The molecule has 0 unspecified atom stereocenters. The monoisotopic (exact) mass is 234 g/mol. The quantitative estimate of drug-likeness (QED) is 0.585. The Balaban J connectivity index is 2.68.